The van der Waals surface area contributed by atoms with Crippen LogP contribution in [-0.2, 0) is 4.74 Å². The normalized spacial score (nSPS) is 16.3. The highest BCUT2D eigenvalue weighted by Crippen LogP contribution is 2.30. The number of anilines is 3. The Bertz CT molecular complexity index is 479. The predicted octanol–water partition coefficient (Wildman–Crippen LogP) is 1.52. The number of morpholine rings is 1. The number of rotatable bonds is 3. The Morgan fingerprint density at radius 3 is 2.55 bits per heavy atom. The van der Waals surface area contributed by atoms with Gasteiger partial charge in [-0.3, -0.25) is 0 Å². The zero-order valence-electron chi connectivity index (χ0n) is 10.4. The number of hydrogen-bond acceptors (Lipinski definition) is 6. The molecule has 2 heterocycles. The molecule has 0 radical (unpaired) electrons. The number of nitrogens with one attached hydrogen (secondary N) is 1. The van der Waals surface area contributed by atoms with E-state index >= 15 is 0 Å². The van der Waals surface area contributed by atoms with Crippen LogP contribution < -0.4 is 16.0 Å². The van der Waals surface area contributed by atoms with E-state index in [1.165, 1.54) is 0 Å². The smallest absolute Gasteiger partial charge is 0.393 e. The molecule has 2 rings (SSSR count). The number of hydrogen-bond donors (Lipinski definition) is 2. The first-order valence-electron chi connectivity index (χ1n) is 5.83. The minimum Gasteiger partial charge on any atom is -0.393 e. The quantitative estimate of drug-likeness (QED) is 0.824. The van der Waals surface area contributed by atoms with Gasteiger partial charge in [-0.15, -0.1) is 0 Å². The molecular formula is C10H13ClF3N5O. The van der Waals surface area contributed by atoms with Crippen LogP contribution in [0.1, 0.15) is 0 Å². The minimum absolute atomic E-state index is 0.0422. The van der Waals surface area contributed by atoms with Gasteiger partial charge in [-0.2, -0.15) is 23.1 Å². The summed E-state index contributed by atoms with van der Waals surface area (Å²) in [5, 5.41) is 1.97. The van der Waals surface area contributed by atoms with Gasteiger partial charge in [0.05, 0.1) is 13.2 Å². The van der Waals surface area contributed by atoms with E-state index in [-0.39, 0.29) is 16.8 Å². The van der Waals surface area contributed by atoms with E-state index in [1.807, 2.05) is 0 Å². The zero-order valence-corrected chi connectivity index (χ0v) is 11.1. The van der Waals surface area contributed by atoms with E-state index in [2.05, 4.69) is 15.3 Å². The highest BCUT2D eigenvalue weighted by atomic mass is 35.5. The summed E-state index contributed by atoms with van der Waals surface area (Å²) in [5.74, 6) is 0.196. The number of nitrogens with two attached hydrogens (primary N) is 1. The van der Waals surface area contributed by atoms with Crippen molar-refractivity contribution >= 4 is 28.9 Å². The average molecular weight is 312 g/mol. The van der Waals surface area contributed by atoms with Crippen LogP contribution in [0.25, 0.3) is 0 Å². The Kier molecular flexibility index (Phi) is 4.39. The first-order valence-corrected chi connectivity index (χ1v) is 6.21. The Balaban J connectivity index is 2.22. The second kappa shape index (κ2) is 5.88. The lowest BCUT2D eigenvalue weighted by Crippen LogP contribution is -2.37. The molecule has 0 aliphatic carbocycles. The SMILES string of the molecule is Nc1c(NCC(F)(F)F)nc(Cl)nc1N1CCOCC1. The Hall–Kier alpha value is -1.48. The maximum Gasteiger partial charge on any atom is 0.405 e. The van der Waals surface area contributed by atoms with Crippen molar-refractivity contribution in [1.29, 1.82) is 0 Å². The second-order valence-corrected chi connectivity index (χ2v) is 4.48. The summed E-state index contributed by atoms with van der Waals surface area (Å²) in [6.45, 7) is 0.818. The van der Waals surface area contributed by atoms with E-state index < -0.39 is 12.7 Å². The van der Waals surface area contributed by atoms with Crippen LogP contribution in [-0.4, -0.2) is 49.0 Å². The van der Waals surface area contributed by atoms with Crippen molar-refractivity contribution in [2.45, 2.75) is 6.18 Å². The number of halogens is 4. The lowest BCUT2D eigenvalue weighted by atomic mass is 10.3. The van der Waals surface area contributed by atoms with E-state index in [9.17, 15) is 13.2 Å². The lowest BCUT2D eigenvalue weighted by molar-refractivity contribution is -0.115. The van der Waals surface area contributed by atoms with Gasteiger partial charge in [0.2, 0.25) is 5.28 Å². The third-order valence-corrected chi connectivity index (χ3v) is 2.83. The van der Waals surface area contributed by atoms with Gasteiger partial charge in [-0.25, -0.2) is 0 Å². The lowest BCUT2D eigenvalue weighted by Gasteiger charge is -2.29. The first kappa shape index (κ1) is 14.9. The van der Waals surface area contributed by atoms with Crippen LogP contribution in [0, 0.1) is 0 Å². The van der Waals surface area contributed by atoms with Crippen LogP contribution >= 0.6 is 11.6 Å². The van der Waals surface area contributed by atoms with Gasteiger partial charge in [0.1, 0.15) is 12.2 Å². The minimum atomic E-state index is -4.37. The molecule has 0 atom stereocenters. The third kappa shape index (κ3) is 3.76. The van der Waals surface area contributed by atoms with Gasteiger partial charge in [-0.1, -0.05) is 0 Å². The fourth-order valence-corrected chi connectivity index (χ4v) is 1.93. The molecule has 0 unspecified atom stereocenters. The standard InChI is InChI=1S/C10H13ClF3N5O/c11-9-17-7(16-5-10(12,13)14)6(15)8(18-9)19-1-3-20-4-2-19/h1-5,15H2,(H,16,17,18). The molecule has 1 saturated heterocycles. The van der Waals surface area contributed by atoms with Crippen molar-refractivity contribution in [3.05, 3.63) is 5.28 Å². The summed E-state index contributed by atoms with van der Waals surface area (Å²) in [6, 6.07) is 0. The van der Waals surface area contributed by atoms with Crippen LogP contribution in [0.4, 0.5) is 30.5 Å². The second-order valence-electron chi connectivity index (χ2n) is 4.15. The van der Waals surface area contributed by atoms with Crippen molar-refractivity contribution in [3.63, 3.8) is 0 Å². The molecule has 0 amide bonds. The van der Waals surface area contributed by atoms with Crippen LogP contribution in [0.3, 0.4) is 0 Å². The number of alkyl halides is 3. The average Bonchev–Trinajstić information content (AvgIpc) is 2.39. The Morgan fingerprint density at radius 1 is 1.30 bits per heavy atom. The summed E-state index contributed by atoms with van der Waals surface area (Å²) in [7, 11) is 0. The van der Waals surface area contributed by atoms with E-state index in [1.54, 1.807) is 4.90 Å². The third-order valence-electron chi connectivity index (χ3n) is 2.67. The van der Waals surface area contributed by atoms with Gasteiger partial charge < -0.3 is 20.7 Å². The molecule has 0 aromatic carbocycles. The summed E-state index contributed by atoms with van der Waals surface area (Å²) in [4.78, 5) is 9.47. The molecule has 3 N–H and O–H groups in total. The summed E-state index contributed by atoms with van der Waals surface area (Å²) >= 11 is 5.73. The van der Waals surface area contributed by atoms with E-state index in [0.29, 0.717) is 32.1 Å². The molecular weight excluding hydrogens is 299 g/mol. The van der Waals surface area contributed by atoms with Crippen LogP contribution in [0.5, 0.6) is 0 Å². The maximum absolute atomic E-state index is 12.2. The molecule has 1 fully saturated rings. The summed E-state index contributed by atoms with van der Waals surface area (Å²) in [6.07, 6.45) is -4.37. The van der Waals surface area contributed by atoms with Crippen molar-refractivity contribution in [2.24, 2.45) is 0 Å². The molecule has 20 heavy (non-hydrogen) atoms. The molecule has 0 bridgehead atoms. The monoisotopic (exact) mass is 311 g/mol. The molecule has 1 aliphatic rings. The summed E-state index contributed by atoms with van der Waals surface area (Å²) < 4.78 is 41.9. The van der Waals surface area contributed by atoms with Crippen molar-refractivity contribution in [3.8, 4) is 0 Å². The van der Waals surface area contributed by atoms with Gasteiger partial charge in [0, 0.05) is 13.1 Å². The topological polar surface area (TPSA) is 76.3 Å². The van der Waals surface area contributed by atoms with E-state index in [0.717, 1.165) is 0 Å². The molecule has 1 aromatic rings. The van der Waals surface area contributed by atoms with Gasteiger partial charge in [0.15, 0.2) is 11.6 Å². The van der Waals surface area contributed by atoms with Crippen LogP contribution in [0.15, 0.2) is 0 Å². The largest absolute Gasteiger partial charge is 0.405 e. The number of nitrogen functional groups attached to an aromatic ring is 1. The van der Waals surface area contributed by atoms with Crippen molar-refractivity contribution < 1.29 is 17.9 Å². The highest BCUT2D eigenvalue weighted by molar-refractivity contribution is 6.28. The molecule has 0 spiro atoms. The first-order chi connectivity index (χ1) is 9.37. The van der Waals surface area contributed by atoms with Crippen molar-refractivity contribution in [1.82, 2.24) is 9.97 Å². The Morgan fingerprint density at radius 2 is 1.95 bits per heavy atom. The molecule has 1 aliphatic heterocycles. The number of ether oxygens (including phenoxy) is 1. The molecule has 10 heteroatoms. The van der Waals surface area contributed by atoms with Gasteiger partial charge in [-0.05, 0) is 11.6 Å². The molecule has 112 valence electrons. The zero-order chi connectivity index (χ0) is 14.8. The number of aromatic nitrogens is 2. The van der Waals surface area contributed by atoms with Crippen LogP contribution in [0.2, 0.25) is 5.28 Å². The van der Waals surface area contributed by atoms with Gasteiger partial charge in [0.25, 0.3) is 0 Å². The van der Waals surface area contributed by atoms with E-state index in [4.69, 9.17) is 22.1 Å². The fraction of sp³-hybridized carbons (Fsp3) is 0.600. The highest BCUT2D eigenvalue weighted by Gasteiger charge is 2.28. The van der Waals surface area contributed by atoms with Crippen molar-refractivity contribution in [2.75, 3.05) is 48.8 Å². The number of nitrogens with zero attached hydrogens (tertiary/aromatic N) is 3. The molecule has 0 saturated carbocycles. The predicted molar refractivity (Wildman–Crippen MR) is 69.0 cm³/mol. The molecule has 1 aromatic heterocycles. The van der Waals surface area contributed by atoms with Gasteiger partial charge >= 0.3 is 6.18 Å². The fourth-order valence-electron chi connectivity index (χ4n) is 1.77. The Labute approximate surface area is 118 Å². The maximum atomic E-state index is 12.2. The summed E-state index contributed by atoms with van der Waals surface area (Å²) in [5.41, 5.74) is 5.86. The molecule has 6 nitrogen and oxygen atoms in total.